The van der Waals surface area contributed by atoms with E-state index in [2.05, 4.69) is 27.8 Å². The van der Waals surface area contributed by atoms with Crippen LogP contribution in [0.25, 0.3) is 0 Å². The van der Waals surface area contributed by atoms with Gasteiger partial charge in [0.1, 0.15) is 11.4 Å². The van der Waals surface area contributed by atoms with Crippen LogP contribution in [0.15, 0.2) is 16.6 Å². The molecule has 1 heterocycles. The first-order valence-corrected chi connectivity index (χ1v) is 9.02. The van der Waals surface area contributed by atoms with E-state index >= 15 is 0 Å². The normalized spacial score (nSPS) is 19.5. The van der Waals surface area contributed by atoms with Crippen LogP contribution in [-0.2, 0) is 11.3 Å². The molecule has 1 aliphatic heterocycles. The number of amides is 1. The minimum atomic E-state index is -0.491. The SMILES string of the molecule is Cc1cc(CN2CCN(C(=O)OC(C)(C)C)CC2C)c(F)cc1Br. The Kier molecular flexibility index (Phi) is 5.91. The predicted octanol–water partition coefficient (Wildman–Crippen LogP) is 4.34. The van der Waals surface area contributed by atoms with E-state index in [4.69, 9.17) is 4.74 Å². The molecule has 24 heavy (non-hydrogen) atoms. The second-order valence-electron chi connectivity index (χ2n) is 7.44. The van der Waals surface area contributed by atoms with Gasteiger partial charge in [0.15, 0.2) is 0 Å². The molecule has 1 unspecified atom stereocenters. The minimum absolute atomic E-state index is 0.148. The van der Waals surface area contributed by atoms with Gasteiger partial charge in [-0.05, 0) is 46.2 Å². The van der Waals surface area contributed by atoms with E-state index in [0.29, 0.717) is 31.7 Å². The van der Waals surface area contributed by atoms with Gasteiger partial charge in [0.2, 0.25) is 0 Å². The fourth-order valence-corrected chi connectivity index (χ4v) is 3.09. The van der Waals surface area contributed by atoms with Crippen LogP contribution < -0.4 is 0 Å². The molecule has 1 aromatic rings. The summed E-state index contributed by atoms with van der Waals surface area (Å²) in [5.74, 6) is -0.200. The fourth-order valence-electron chi connectivity index (χ4n) is 2.78. The predicted molar refractivity (Wildman–Crippen MR) is 96.5 cm³/mol. The molecule has 1 amide bonds. The molecule has 2 rings (SSSR count). The molecule has 4 nitrogen and oxygen atoms in total. The van der Waals surface area contributed by atoms with Crippen molar-refractivity contribution in [3.05, 3.63) is 33.5 Å². The standard InChI is InChI=1S/C18H26BrFN2O2/c1-12-8-14(16(20)9-15(12)19)11-21-6-7-22(10-13(21)2)17(23)24-18(3,4)5/h8-9,13H,6-7,10-11H2,1-5H3. The lowest BCUT2D eigenvalue weighted by Gasteiger charge is -2.40. The van der Waals surface area contributed by atoms with E-state index in [1.807, 2.05) is 33.8 Å². The van der Waals surface area contributed by atoms with Gasteiger partial charge >= 0.3 is 6.09 Å². The molecule has 6 heteroatoms. The molecule has 1 fully saturated rings. The van der Waals surface area contributed by atoms with Gasteiger partial charge in [0.25, 0.3) is 0 Å². The summed E-state index contributed by atoms with van der Waals surface area (Å²) in [4.78, 5) is 16.1. The molecule has 0 N–H and O–H groups in total. The summed E-state index contributed by atoms with van der Waals surface area (Å²) >= 11 is 3.35. The number of carbonyl (C=O) groups is 1. The van der Waals surface area contributed by atoms with E-state index in [9.17, 15) is 9.18 Å². The second-order valence-corrected chi connectivity index (χ2v) is 8.29. The van der Waals surface area contributed by atoms with Crippen molar-refractivity contribution in [2.75, 3.05) is 19.6 Å². The lowest BCUT2D eigenvalue weighted by molar-refractivity contribution is 0.00446. The molecule has 1 aromatic carbocycles. The quantitative estimate of drug-likeness (QED) is 0.739. The van der Waals surface area contributed by atoms with Crippen molar-refractivity contribution in [1.29, 1.82) is 0 Å². The zero-order valence-corrected chi connectivity index (χ0v) is 16.6. The maximum Gasteiger partial charge on any atom is 0.410 e. The Labute approximate surface area is 152 Å². The van der Waals surface area contributed by atoms with Crippen LogP contribution in [0.4, 0.5) is 9.18 Å². The summed E-state index contributed by atoms with van der Waals surface area (Å²) in [5, 5.41) is 0. The van der Waals surface area contributed by atoms with Gasteiger partial charge < -0.3 is 9.64 Å². The number of nitrogens with zero attached hydrogens (tertiary/aromatic N) is 2. The number of ether oxygens (including phenoxy) is 1. The highest BCUT2D eigenvalue weighted by Crippen LogP contribution is 2.23. The molecular weight excluding hydrogens is 375 g/mol. The number of benzene rings is 1. The summed E-state index contributed by atoms with van der Waals surface area (Å²) in [6, 6.07) is 3.55. The number of rotatable bonds is 2. The Hall–Kier alpha value is -1.14. The monoisotopic (exact) mass is 400 g/mol. The number of halogens is 2. The number of hydrogen-bond acceptors (Lipinski definition) is 3. The van der Waals surface area contributed by atoms with E-state index in [-0.39, 0.29) is 18.0 Å². The molecule has 0 aromatic heterocycles. The molecule has 134 valence electrons. The van der Waals surface area contributed by atoms with E-state index in [0.717, 1.165) is 10.0 Å². The third-order valence-corrected chi connectivity index (χ3v) is 4.97. The topological polar surface area (TPSA) is 32.8 Å². The van der Waals surface area contributed by atoms with E-state index in [1.54, 1.807) is 4.90 Å². The molecular formula is C18H26BrFN2O2. The third kappa shape index (κ3) is 4.93. The molecule has 0 radical (unpaired) electrons. The highest BCUT2D eigenvalue weighted by Gasteiger charge is 2.30. The Balaban J connectivity index is 1.99. The van der Waals surface area contributed by atoms with Crippen LogP contribution in [-0.4, -0.2) is 47.2 Å². The molecule has 1 atom stereocenters. The van der Waals surface area contributed by atoms with E-state index in [1.165, 1.54) is 6.07 Å². The van der Waals surface area contributed by atoms with Gasteiger partial charge in [-0.2, -0.15) is 0 Å². The summed E-state index contributed by atoms with van der Waals surface area (Å²) < 4.78 is 20.4. The highest BCUT2D eigenvalue weighted by atomic mass is 79.9. The van der Waals surface area contributed by atoms with E-state index < -0.39 is 5.60 Å². The molecule has 0 spiro atoms. The van der Waals surface area contributed by atoms with Gasteiger partial charge in [-0.15, -0.1) is 0 Å². The van der Waals surface area contributed by atoms with Crippen LogP contribution >= 0.6 is 15.9 Å². The zero-order valence-electron chi connectivity index (χ0n) is 15.0. The fraction of sp³-hybridized carbons (Fsp3) is 0.611. The van der Waals surface area contributed by atoms with Gasteiger partial charge in [-0.1, -0.05) is 22.0 Å². The van der Waals surface area contributed by atoms with Crippen molar-refractivity contribution in [3.63, 3.8) is 0 Å². The molecule has 0 bridgehead atoms. The molecule has 0 aliphatic carbocycles. The largest absolute Gasteiger partial charge is 0.444 e. The number of hydrogen-bond donors (Lipinski definition) is 0. The van der Waals surface area contributed by atoms with Crippen molar-refractivity contribution in [1.82, 2.24) is 9.80 Å². The average Bonchev–Trinajstić information content (AvgIpc) is 2.44. The first-order chi connectivity index (χ1) is 11.1. The lowest BCUT2D eigenvalue weighted by atomic mass is 10.1. The zero-order chi connectivity index (χ0) is 18.1. The van der Waals surface area contributed by atoms with Gasteiger partial charge in [0.05, 0.1) is 0 Å². The van der Waals surface area contributed by atoms with Crippen LogP contribution in [0.2, 0.25) is 0 Å². The van der Waals surface area contributed by atoms with Crippen LogP contribution in [0.5, 0.6) is 0 Å². The first kappa shape index (κ1) is 19.2. The second kappa shape index (κ2) is 7.40. The Morgan fingerprint density at radius 1 is 1.38 bits per heavy atom. The molecule has 0 saturated carbocycles. The number of aryl methyl sites for hydroxylation is 1. The van der Waals surface area contributed by atoms with Crippen molar-refractivity contribution >= 4 is 22.0 Å². The van der Waals surface area contributed by atoms with Crippen molar-refractivity contribution in [3.8, 4) is 0 Å². The first-order valence-electron chi connectivity index (χ1n) is 8.23. The van der Waals surface area contributed by atoms with Crippen LogP contribution in [0, 0.1) is 12.7 Å². The van der Waals surface area contributed by atoms with Gasteiger partial charge in [-0.3, -0.25) is 4.90 Å². The Morgan fingerprint density at radius 3 is 2.62 bits per heavy atom. The maximum atomic E-state index is 14.2. The lowest BCUT2D eigenvalue weighted by Crippen LogP contribution is -2.54. The average molecular weight is 401 g/mol. The summed E-state index contributed by atoms with van der Waals surface area (Å²) in [6.45, 7) is 12.0. The van der Waals surface area contributed by atoms with Crippen LogP contribution in [0.3, 0.4) is 0 Å². The summed E-state index contributed by atoms with van der Waals surface area (Å²) in [6.07, 6.45) is -0.278. The van der Waals surface area contributed by atoms with Crippen molar-refractivity contribution in [2.24, 2.45) is 0 Å². The van der Waals surface area contributed by atoms with Gasteiger partial charge in [-0.25, -0.2) is 9.18 Å². The van der Waals surface area contributed by atoms with Crippen molar-refractivity contribution < 1.29 is 13.9 Å². The Morgan fingerprint density at radius 2 is 2.04 bits per heavy atom. The summed E-state index contributed by atoms with van der Waals surface area (Å²) in [5.41, 5.74) is 1.22. The molecule has 1 aliphatic rings. The van der Waals surface area contributed by atoms with Crippen molar-refractivity contribution in [2.45, 2.75) is 52.8 Å². The number of carbonyl (C=O) groups excluding carboxylic acids is 1. The number of piperazine rings is 1. The van der Waals surface area contributed by atoms with Crippen LogP contribution in [0.1, 0.15) is 38.8 Å². The third-order valence-electron chi connectivity index (χ3n) is 4.12. The highest BCUT2D eigenvalue weighted by molar-refractivity contribution is 9.10. The maximum absolute atomic E-state index is 14.2. The molecule has 1 saturated heterocycles. The smallest absolute Gasteiger partial charge is 0.410 e. The minimum Gasteiger partial charge on any atom is -0.444 e. The van der Waals surface area contributed by atoms with Gasteiger partial charge in [0, 0.05) is 42.3 Å². The Bertz CT molecular complexity index is 616. The summed E-state index contributed by atoms with van der Waals surface area (Å²) in [7, 11) is 0.